The number of anilines is 1. The molecule has 1 N–H and O–H groups in total. The van der Waals surface area contributed by atoms with E-state index in [0.29, 0.717) is 33.5 Å². The summed E-state index contributed by atoms with van der Waals surface area (Å²) in [6.45, 7) is 7.48. The molecule has 1 unspecified atom stereocenters. The van der Waals surface area contributed by atoms with Gasteiger partial charge < -0.3 is 14.8 Å². The van der Waals surface area contributed by atoms with E-state index in [0.717, 1.165) is 5.56 Å². The highest BCUT2D eigenvalue weighted by Gasteiger charge is 2.59. The average Bonchev–Trinajstić information content (AvgIpc) is 3.73. The number of amides is 1. The summed E-state index contributed by atoms with van der Waals surface area (Å²) in [6, 6.07) is 6.23. The zero-order chi connectivity index (χ0) is 30.0. The quantitative estimate of drug-likeness (QED) is 0.208. The first-order chi connectivity index (χ1) is 19.9. The van der Waals surface area contributed by atoms with Crippen LogP contribution in [0.2, 0.25) is 0 Å². The molecule has 7 nitrogen and oxygen atoms in total. The van der Waals surface area contributed by atoms with Gasteiger partial charge in [-0.2, -0.15) is 0 Å². The monoisotopic (exact) mass is 601 g/mol. The maximum Gasteiger partial charge on any atom is 0.279 e. The highest BCUT2D eigenvalue weighted by atomic mass is 31.2. The molecule has 2 aromatic heterocycles. The lowest BCUT2D eigenvalue weighted by molar-refractivity contribution is -0.142. The Morgan fingerprint density at radius 2 is 1.93 bits per heavy atom. The number of carbonyl (C=O) groups excluding carboxylic acids is 1. The van der Waals surface area contributed by atoms with Crippen molar-refractivity contribution in [1.29, 1.82) is 0 Å². The van der Waals surface area contributed by atoms with Crippen molar-refractivity contribution in [2.45, 2.75) is 51.5 Å². The zero-order valence-corrected chi connectivity index (χ0v) is 24.3. The first kappa shape index (κ1) is 28.8. The van der Waals surface area contributed by atoms with E-state index >= 15 is 0 Å². The van der Waals surface area contributed by atoms with Gasteiger partial charge in [0.2, 0.25) is 5.91 Å². The van der Waals surface area contributed by atoms with Crippen LogP contribution in [0.4, 0.5) is 23.4 Å². The SMILES string of the molecule is C=CC1Cc2c([C@@H](C)Nc3nc(C)nc4cnc(P5(=O)CCN(C(=O)C6(C(F)F)CC6)CC5)cc34)cccc2C1(F)F. The fourth-order valence-corrected chi connectivity index (χ4v) is 8.72. The summed E-state index contributed by atoms with van der Waals surface area (Å²) in [4.78, 5) is 27.7. The topological polar surface area (TPSA) is 88.1 Å². The second kappa shape index (κ2) is 10.1. The lowest BCUT2D eigenvalue weighted by atomic mass is 9.97. The van der Waals surface area contributed by atoms with E-state index in [4.69, 9.17) is 0 Å². The molecule has 12 heteroatoms. The molecule has 222 valence electrons. The van der Waals surface area contributed by atoms with Crippen molar-refractivity contribution in [2.24, 2.45) is 11.3 Å². The van der Waals surface area contributed by atoms with E-state index in [1.807, 2.05) is 13.0 Å². The van der Waals surface area contributed by atoms with E-state index in [1.54, 1.807) is 19.1 Å². The van der Waals surface area contributed by atoms with Crippen LogP contribution in [0.3, 0.4) is 0 Å². The molecule has 42 heavy (non-hydrogen) atoms. The molecule has 3 heterocycles. The number of nitrogens with one attached hydrogen (secondary N) is 1. The Hall–Kier alpha value is -3.33. The molecular formula is C30H32F4N5O2P. The Morgan fingerprint density at radius 3 is 2.57 bits per heavy atom. The van der Waals surface area contributed by atoms with Gasteiger partial charge in [-0.1, -0.05) is 24.3 Å². The van der Waals surface area contributed by atoms with Crippen molar-refractivity contribution < 1.29 is 26.9 Å². The van der Waals surface area contributed by atoms with Crippen molar-refractivity contribution >= 4 is 35.2 Å². The van der Waals surface area contributed by atoms with E-state index in [2.05, 4.69) is 26.8 Å². The summed E-state index contributed by atoms with van der Waals surface area (Å²) in [7, 11) is -3.03. The van der Waals surface area contributed by atoms with Crippen LogP contribution in [0.1, 0.15) is 48.3 Å². The van der Waals surface area contributed by atoms with Crippen LogP contribution in [0, 0.1) is 18.3 Å². The third-order valence-electron chi connectivity index (χ3n) is 9.04. The molecular weight excluding hydrogens is 569 g/mol. The minimum Gasteiger partial charge on any atom is -0.363 e. The van der Waals surface area contributed by atoms with Crippen molar-refractivity contribution in [3.63, 3.8) is 0 Å². The summed E-state index contributed by atoms with van der Waals surface area (Å²) < 4.78 is 70.9. The van der Waals surface area contributed by atoms with Gasteiger partial charge in [0.15, 0.2) is 0 Å². The largest absolute Gasteiger partial charge is 0.363 e. The molecule has 3 aliphatic rings. The third-order valence-corrected chi connectivity index (χ3v) is 12.0. The average molecular weight is 602 g/mol. The van der Waals surface area contributed by atoms with Crippen LogP contribution < -0.4 is 10.8 Å². The van der Waals surface area contributed by atoms with Crippen molar-refractivity contribution in [3.8, 4) is 0 Å². The van der Waals surface area contributed by atoms with E-state index in [-0.39, 0.29) is 56.3 Å². The maximum atomic E-state index is 15.0. The van der Waals surface area contributed by atoms with Crippen LogP contribution >= 0.6 is 7.14 Å². The number of hydrogen-bond donors (Lipinski definition) is 1. The highest BCUT2D eigenvalue weighted by molar-refractivity contribution is 7.71. The molecule has 1 saturated heterocycles. The molecule has 0 bridgehead atoms. The molecule has 3 aromatic rings. The molecule has 0 spiro atoms. The number of aromatic nitrogens is 3. The molecule has 2 aliphatic carbocycles. The van der Waals surface area contributed by atoms with Gasteiger partial charge in [-0.25, -0.2) is 27.5 Å². The second-order valence-electron chi connectivity index (χ2n) is 11.7. The van der Waals surface area contributed by atoms with Gasteiger partial charge in [0.1, 0.15) is 29.6 Å². The Morgan fingerprint density at radius 1 is 1.21 bits per heavy atom. The first-order valence-electron chi connectivity index (χ1n) is 14.1. The number of nitrogens with zero attached hydrogens (tertiary/aromatic N) is 4. The molecule has 1 aromatic carbocycles. The summed E-state index contributed by atoms with van der Waals surface area (Å²) in [5.41, 5.74) is 0.668. The minimum atomic E-state index is -3.03. The Kier molecular flexibility index (Phi) is 6.95. The van der Waals surface area contributed by atoms with Crippen LogP contribution in [0.5, 0.6) is 0 Å². The molecule has 2 fully saturated rings. The van der Waals surface area contributed by atoms with Crippen molar-refractivity contribution in [1.82, 2.24) is 19.9 Å². The predicted molar refractivity (Wildman–Crippen MR) is 153 cm³/mol. The van der Waals surface area contributed by atoms with Gasteiger partial charge >= 0.3 is 0 Å². The van der Waals surface area contributed by atoms with E-state index in [1.165, 1.54) is 23.2 Å². The number of fused-ring (bicyclic) bond motifs is 2. The van der Waals surface area contributed by atoms with Crippen molar-refractivity contribution in [3.05, 3.63) is 65.6 Å². The lowest BCUT2D eigenvalue weighted by Crippen LogP contribution is -2.46. The number of halogens is 4. The number of alkyl halides is 4. The van der Waals surface area contributed by atoms with Gasteiger partial charge in [-0.05, 0) is 50.3 Å². The van der Waals surface area contributed by atoms with Gasteiger partial charge in [0, 0.05) is 42.3 Å². The Balaban J connectivity index is 1.27. The third kappa shape index (κ3) is 4.60. The molecule has 1 aliphatic heterocycles. The van der Waals surface area contributed by atoms with Gasteiger partial charge in [-0.15, -0.1) is 6.58 Å². The van der Waals surface area contributed by atoms with E-state index < -0.39 is 36.7 Å². The number of rotatable bonds is 7. The van der Waals surface area contributed by atoms with Crippen LogP contribution in [0.15, 0.2) is 43.1 Å². The molecule has 6 rings (SSSR count). The Labute approximate surface area is 241 Å². The van der Waals surface area contributed by atoms with Crippen LogP contribution in [-0.4, -0.2) is 57.6 Å². The number of carbonyl (C=O) groups is 1. The number of allylic oxidation sites excluding steroid dienone is 1. The maximum absolute atomic E-state index is 15.0. The zero-order valence-electron chi connectivity index (χ0n) is 23.4. The summed E-state index contributed by atoms with van der Waals surface area (Å²) in [6.07, 6.45) is 0.998. The van der Waals surface area contributed by atoms with Gasteiger partial charge in [0.25, 0.3) is 12.3 Å². The lowest BCUT2D eigenvalue weighted by Gasteiger charge is -2.34. The van der Waals surface area contributed by atoms with Crippen LogP contribution in [0.25, 0.3) is 10.9 Å². The predicted octanol–water partition coefficient (Wildman–Crippen LogP) is 5.83. The van der Waals surface area contributed by atoms with Crippen molar-refractivity contribution in [2.75, 3.05) is 30.7 Å². The van der Waals surface area contributed by atoms with E-state index in [9.17, 15) is 26.9 Å². The summed E-state index contributed by atoms with van der Waals surface area (Å²) in [5.74, 6) is -3.57. The molecule has 2 atom stereocenters. The normalized spacial score (nSPS) is 22.5. The molecule has 1 saturated carbocycles. The summed E-state index contributed by atoms with van der Waals surface area (Å²) in [5, 5.41) is 3.95. The summed E-state index contributed by atoms with van der Waals surface area (Å²) >= 11 is 0. The fraction of sp³-hybridized carbons (Fsp3) is 0.467. The number of benzene rings is 1. The first-order valence-corrected chi connectivity index (χ1v) is 16.2. The Bertz CT molecular complexity index is 1630. The van der Waals surface area contributed by atoms with Crippen LogP contribution in [-0.2, 0) is 21.7 Å². The molecule has 1 amide bonds. The number of aryl methyl sites for hydroxylation is 1. The number of pyridine rings is 1. The van der Waals surface area contributed by atoms with Gasteiger partial charge in [0.05, 0.1) is 17.8 Å². The smallest absolute Gasteiger partial charge is 0.279 e. The number of hydrogen-bond acceptors (Lipinski definition) is 6. The highest BCUT2D eigenvalue weighted by Crippen LogP contribution is 2.54. The second-order valence-corrected chi connectivity index (χ2v) is 14.8. The van der Waals surface area contributed by atoms with Gasteiger partial charge in [-0.3, -0.25) is 9.78 Å². The molecule has 0 radical (unpaired) electrons. The fourth-order valence-electron chi connectivity index (χ4n) is 6.28. The standard InChI is InChI=1S/C30H32F4N5O2P/c1-4-19-14-21-20(6-5-7-23(21)30(19,33)34)17(2)36-26-22-15-25(35-16-24(22)37-18(3)38-26)42(41)12-10-39(11-13-42)28(40)29(8-9-29)27(31)32/h4-7,15-17,19,27H,1,8-14H2,2-3H3,(H,36,37,38)/t17-,19?/m1/s1. The minimum absolute atomic E-state index is 0.0119.